The van der Waals surface area contributed by atoms with Gasteiger partial charge in [-0.2, -0.15) is 26.8 Å². The minimum absolute atomic E-state index is 0.0147. The van der Waals surface area contributed by atoms with Gasteiger partial charge < -0.3 is 20.0 Å². The Labute approximate surface area is 271 Å². The van der Waals surface area contributed by atoms with E-state index >= 15 is 0 Å². The lowest BCUT2D eigenvalue weighted by atomic mass is 10.1. The third kappa shape index (κ3) is 6.23. The Morgan fingerprint density at radius 1 is 1.15 bits per heavy atom. The van der Waals surface area contributed by atoms with Crippen molar-refractivity contribution in [3.63, 3.8) is 0 Å². The van der Waals surface area contributed by atoms with Crippen molar-refractivity contribution >= 4 is 74.8 Å². The van der Waals surface area contributed by atoms with Crippen LogP contribution >= 0.6 is 22.9 Å². The van der Waals surface area contributed by atoms with Crippen molar-refractivity contribution in [2.45, 2.75) is 32.9 Å². The summed E-state index contributed by atoms with van der Waals surface area (Å²) in [5, 5.41) is 28.3. The normalized spacial score (nSPS) is 12.5. The van der Waals surface area contributed by atoms with E-state index in [1.54, 1.807) is 66.8 Å². The Hall–Kier alpha value is -5.76. The highest BCUT2D eigenvalue weighted by Crippen LogP contribution is 2.30. The second kappa shape index (κ2) is 13.5. The van der Waals surface area contributed by atoms with Gasteiger partial charge >= 0.3 is 0 Å². The van der Waals surface area contributed by atoms with Crippen LogP contribution in [0.3, 0.4) is 0 Å². The molecule has 0 saturated heterocycles. The first-order valence-electron chi connectivity index (χ1n) is 13.8. The molecule has 3 heterocycles. The van der Waals surface area contributed by atoms with Gasteiger partial charge in [0.2, 0.25) is 12.1 Å². The number of hydrogen-bond acceptors (Lipinski definition) is 10. The maximum atomic E-state index is 14.1. The number of aromatic nitrogens is 2. The van der Waals surface area contributed by atoms with E-state index in [1.165, 1.54) is 40.4 Å². The fourth-order valence-electron chi connectivity index (χ4n) is 4.81. The molecule has 3 aromatic heterocycles. The number of thiophene rings is 1. The average molecular weight is 653 g/mol. The second-order valence-electron chi connectivity index (χ2n) is 10.1. The summed E-state index contributed by atoms with van der Waals surface area (Å²) in [4.78, 5) is 49.9. The van der Waals surface area contributed by atoms with E-state index < -0.39 is 23.6 Å². The third-order valence-electron chi connectivity index (χ3n) is 7.05. The van der Waals surface area contributed by atoms with Crippen LogP contribution in [0.1, 0.15) is 25.2 Å². The number of nitrogens with one attached hydrogen (secondary N) is 2. The molecule has 0 aliphatic carbocycles. The monoisotopic (exact) mass is 652 g/mol. The van der Waals surface area contributed by atoms with Crippen molar-refractivity contribution < 1.29 is 14.0 Å². The largest absolute Gasteiger partial charge is 0.446 e. The summed E-state index contributed by atoms with van der Waals surface area (Å²) in [6.07, 6.45) is 1.83. The number of nitrogens with zero attached hydrogens (tertiary/aromatic N) is 6. The first-order valence-corrected chi connectivity index (χ1v) is 15.1. The lowest BCUT2D eigenvalue weighted by Crippen LogP contribution is -2.38. The fraction of sp³-hybridized carbons (Fsp3) is 0.156. The van der Waals surface area contributed by atoms with Gasteiger partial charge in [-0.1, -0.05) is 11.6 Å². The van der Waals surface area contributed by atoms with Crippen molar-refractivity contribution in [2.24, 2.45) is 4.99 Å². The van der Waals surface area contributed by atoms with Gasteiger partial charge in [-0.05, 0) is 80.2 Å². The Kier molecular flexibility index (Phi) is 9.28. The second-order valence-corrected chi connectivity index (χ2v) is 11.2. The van der Waals surface area contributed by atoms with E-state index in [0.29, 0.717) is 34.7 Å². The Morgan fingerprint density at radius 2 is 1.91 bits per heavy atom. The summed E-state index contributed by atoms with van der Waals surface area (Å²) in [5.74, 6) is -0.851. The van der Waals surface area contributed by atoms with Gasteiger partial charge in [0, 0.05) is 16.8 Å². The van der Waals surface area contributed by atoms with E-state index in [4.69, 9.17) is 21.0 Å². The molecule has 0 radical (unpaired) electrons. The van der Waals surface area contributed by atoms with Crippen LogP contribution in [0.15, 0.2) is 79.8 Å². The number of carbonyl (C=O) groups excluding carboxylic acids is 2. The zero-order valence-corrected chi connectivity index (χ0v) is 26.3. The SMILES string of the molecule is Cc1cc(N(C(C)C#N)C(C)C#N)ccc1/N=C(\C(=O)Nc1cc(NC=O)ccc1Cl)c1nc2occc2c(=O)n1-c1ccsc1. The van der Waals surface area contributed by atoms with Crippen LogP contribution in [-0.2, 0) is 9.59 Å². The first kappa shape index (κ1) is 31.7. The van der Waals surface area contributed by atoms with Crippen LogP contribution in [0, 0.1) is 29.6 Å². The predicted molar refractivity (Wildman–Crippen MR) is 177 cm³/mol. The summed E-state index contributed by atoms with van der Waals surface area (Å²) in [7, 11) is 0. The number of amides is 2. The Balaban J connectivity index is 1.71. The fourth-order valence-corrected chi connectivity index (χ4v) is 5.60. The number of carbonyl (C=O) groups is 2. The quantitative estimate of drug-likeness (QED) is 0.137. The van der Waals surface area contributed by atoms with Crippen LogP contribution in [-0.4, -0.2) is 39.7 Å². The van der Waals surface area contributed by atoms with Gasteiger partial charge in [-0.3, -0.25) is 19.0 Å². The highest BCUT2D eigenvalue weighted by molar-refractivity contribution is 7.08. The van der Waals surface area contributed by atoms with Crippen molar-refractivity contribution in [1.82, 2.24) is 9.55 Å². The molecule has 0 fully saturated rings. The van der Waals surface area contributed by atoms with Gasteiger partial charge in [0.15, 0.2) is 11.5 Å². The van der Waals surface area contributed by atoms with E-state index in [9.17, 15) is 24.9 Å². The van der Waals surface area contributed by atoms with Gasteiger partial charge in [-0.15, -0.1) is 0 Å². The summed E-state index contributed by atoms with van der Waals surface area (Å²) < 4.78 is 6.76. The van der Waals surface area contributed by atoms with E-state index in [0.717, 1.165) is 0 Å². The van der Waals surface area contributed by atoms with Crippen molar-refractivity contribution in [3.05, 3.63) is 92.3 Å². The number of benzene rings is 2. The third-order valence-corrected chi connectivity index (χ3v) is 8.05. The molecule has 14 heteroatoms. The lowest BCUT2D eigenvalue weighted by molar-refractivity contribution is -0.110. The number of rotatable bonds is 10. The number of anilines is 3. The smallest absolute Gasteiger partial charge is 0.278 e. The Morgan fingerprint density at radius 3 is 2.57 bits per heavy atom. The molecule has 46 heavy (non-hydrogen) atoms. The Bertz CT molecular complexity index is 2100. The van der Waals surface area contributed by atoms with Gasteiger partial charge in [-0.25, -0.2) is 4.99 Å². The number of furan rings is 1. The molecule has 2 N–H and O–H groups in total. The summed E-state index contributed by atoms with van der Waals surface area (Å²) >= 11 is 7.75. The molecule has 0 bridgehead atoms. The minimum atomic E-state index is -0.756. The van der Waals surface area contributed by atoms with Crippen LogP contribution in [0.4, 0.5) is 22.7 Å². The molecule has 0 saturated carbocycles. The number of nitriles is 2. The number of fused-ring (bicyclic) bond motifs is 1. The molecule has 0 aliphatic rings. The molecule has 2 atom stereocenters. The number of halogens is 1. The minimum Gasteiger partial charge on any atom is -0.446 e. The maximum absolute atomic E-state index is 14.1. The first-order chi connectivity index (χ1) is 22.2. The van der Waals surface area contributed by atoms with Gasteiger partial charge in [0.05, 0.1) is 40.5 Å². The zero-order chi connectivity index (χ0) is 33.0. The molecule has 5 rings (SSSR count). The van der Waals surface area contributed by atoms with E-state index in [1.807, 2.05) is 0 Å². The molecule has 5 aromatic rings. The highest BCUT2D eigenvalue weighted by Gasteiger charge is 2.26. The molecule has 2 amide bonds. The van der Waals surface area contributed by atoms with Crippen LogP contribution < -0.4 is 21.1 Å². The summed E-state index contributed by atoms with van der Waals surface area (Å²) in [5.41, 5.74) is 1.91. The highest BCUT2D eigenvalue weighted by atomic mass is 35.5. The van der Waals surface area contributed by atoms with Crippen molar-refractivity contribution in [2.75, 3.05) is 15.5 Å². The molecule has 12 nitrogen and oxygen atoms in total. The molecule has 2 unspecified atom stereocenters. The van der Waals surface area contributed by atoms with Crippen molar-refractivity contribution in [3.8, 4) is 17.8 Å². The van der Waals surface area contributed by atoms with Gasteiger partial charge in [0.25, 0.3) is 11.5 Å². The number of aliphatic imine (C=N–C) groups is 1. The lowest BCUT2D eigenvalue weighted by Gasteiger charge is -2.29. The van der Waals surface area contributed by atoms with Crippen LogP contribution in [0.25, 0.3) is 16.8 Å². The average Bonchev–Trinajstić information content (AvgIpc) is 3.75. The molecule has 2 aromatic carbocycles. The maximum Gasteiger partial charge on any atom is 0.278 e. The van der Waals surface area contributed by atoms with Crippen LogP contribution in [0.2, 0.25) is 5.02 Å². The number of hydrogen-bond donors (Lipinski definition) is 2. The topological polar surface area (TPSA) is 169 Å². The predicted octanol–water partition coefficient (Wildman–Crippen LogP) is 5.96. The van der Waals surface area contributed by atoms with E-state index in [2.05, 4.69) is 27.8 Å². The molecule has 230 valence electrons. The molecule has 0 aliphatic heterocycles. The van der Waals surface area contributed by atoms with E-state index in [-0.39, 0.29) is 33.3 Å². The van der Waals surface area contributed by atoms with Crippen molar-refractivity contribution in [1.29, 1.82) is 10.5 Å². The van der Waals surface area contributed by atoms with Crippen LogP contribution in [0.5, 0.6) is 0 Å². The summed E-state index contributed by atoms with van der Waals surface area (Å²) in [6.45, 7) is 5.16. The standard InChI is InChI=1S/C32H25ClN8O4S/c1-18-12-22(40(19(2)14-34)20(3)15-35)5-7-26(18)37-28(30(43)38-27-13-21(36-17-42)4-6-25(27)33)29-39-31-24(8-10-45-31)32(44)41(29)23-9-11-46-16-23/h4-13,16-17,19-20H,1-3H3,(H,36,42)(H,38,43)/b37-28-. The molecule has 0 spiro atoms. The van der Waals surface area contributed by atoms with Gasteiger partial charge in [0.1, 0.15) is 17.5 Å². The molecular formula is C32H25ClN8O4S. The zero-order valence-electron chi connectivity index (χ0n) is 24.7. The summed E-state index contributed by atoms with van der Waals surface area (Å²) in [6, 6.07) is 16.0. The number of aryl methyl sites for hydroxylation is 1. The molecular weight excluding hydrogens is 628 g/mol.